The molecule has 0 aliphatic carbocycles. The molecule has 0 saturated carbocycles. The standard InChI is InChI=1S/C24H24N2O8S/c1-31-24(28)15-4-2-6-19(9-15)35(29,30)26(13-18-5-3-7-32-18)12-17-8-16-10-21-22(34-14-33-21)11-20(16)25-23(17)27/h2,4,6,8-11,18H,3,5,7,12-14H2,1H3,(H,25,27)/t18-/m0/s1. The number of sulfonamides is 1. The highest BCUT2D eigenvalue weighted by molar-refractivity contribution is 7.89. The molecule has 0 radical (unpaired) electrons. The summed E-state index contributed by atoms with van der Waals surface area (Å²) in [7, 11) is -2.85. The van der Waals surface area contributed by atoms with Crippen molar-refractivity contribution < 1.29 is 32.2 Å². The van der Waals surface area contributed by atoms with Crippen molar-refractivity contribution in [1.82, 2.24) is 9.29 Å². The summed E-state index contributed by atoms with van der Waals surface area (Å²) < 4.78 is 49.8. The molecule has 0 amide bonds. The van der Waals surface area contributed by atoms with Gasteiger partial charge in [-0.25, -0.2) is 13.2 Å². The second-order valence-corrected chi connectivity index (χ2v) is 10.3. The Morgan fingerprint density at radius 2 is 1.97 bits per heavy atom. The topological polar surface area (TPSA) is 124 Å². The second-order valence-electron chi connectivity index (χ2n) is 8.37. The number of nitrogens with one attached hydrogen (secondary N) is 1. The van der Waals surface area contributed by atoms with Gasteiger partial charge in [0.05, 0.1) is 29.2 Å². The normalized spacial score (nSPS) is 17.3. The van der Waals surface area contributed by atoms with E-state index in [4.69, 9.17) is 18.9 Å². The molecule has 2 aromatic carbocycles. The number of H-pyrrole nitrogens is 1. The second kappa shape index (κ2) is 9.33. The molecule has 0 unspecified atom stereocenters. The number of hydrogen-bond acceptors (Lipinski definition) is 8. The maximum atomic E-state index is 13.7. The lowest BCUT2D eigenvalue weighted by atomic mass is 10.1. The van der Waals surface area contributed by atoms with E-state index in [2.05, 4.69) is 4.98 Å². The fourth-order valence-corrected chi connectivity index (χ4v) is 5.76. The van der Waals surface area contributed by atoms with Crippen LogP contribution in [0.3, 0.4) is 0 Å². The number of carbonyl (C=O) groups excluding carboxylic acids is 1. The molecule has 3 heterocycles. The highest BCUT2D eigenvalue weighted by Crippen LogP contribution is 2.35. The molecule has 10 nitrogen and oxygen atoms in total. The zero-order valence-electron chi connectivity index (χ0n) is 19.0. The minimum absolute atomic E-state index is 0.0704. The summed E-state index contributed by atoms with van der Waals surface area (Å²) in [6.07, 6.45) is 1.26. The van der Waals surface area contributed by atoms with Crippen LogP contribution in [0.15, 0.2) is 52.2 Å². The Balaban J connectivity index is 1.53. The van der Waals surface area contributed by atoms with Crippen LogP contribution < -0.4 is 15.0 Å². The Morgan fingerprint density at radius 1 is 1.17 bits per heavy atom. The molecular formula is C24H24N2O8S. The number of pyridine rings is 1. The average Bonchev–Trinajstić information content (AvgIpc) is 3.54. The lowest BCUT2D eigenvalue weighted by Crippen LogP contribution is -2.38. The Morgan fingerprint density at radius 3 is 2.71 bits per heavy atom. The van der Waals surface area contributed by atoms with E-state index in [0.29, 0.717) is 35.4 Å². The van der Waals surface area contributed by atoms with Gasteiger partial charge >= 0.3 is 5.97 Å². The van der Waals surface area contributed by atoms with Crippen LogP contribution in [-0.4, -0.2) is 56.8 Å². The minimum Gasteiger partial charge on any atom is -0.465 e. The van der Waals surface area contributed by atoms with Gasteiger partial charge in [0.2, 0.25) is 16.8 Å². The van der Waals surface area contributed by atoms with Crippen molar-refractivity contribution in [2.24, 2.45) is 0 Å². The van der Waals surface area contributed by atoms with Gasteiger partial charge in [-0.1, -0.05) is 6.07 Å². The largest absolute Gasteiger partial charge is 0.465 e. The van der Waals surface area contributed by atoms with Gasteiger partial charge in [-0.2, -0.15) is 4.31 Å². The Hall–Kier alpha value is -3.41. The molecule has 2 aliphatic rings. The van der Waals surface area contributed by atoms with Crippen LogP contribution in [0.5, 0.6) is 11.5 Å². The van der Waals surface area contributed by atoms with Gasteiger partial charge in [-0.15, -0.1) is 0 Å². The third-order valence-corrected chi connectivity index (χ3v) is 7.89. The average molecular weight is 501 g/mol. The van der Waals surface area contributed by atoms with Gasteiger partial charge in [0.15, 0.2) is 11.5 Å². The fourth-order valence-electron chi connectivity index (χ4n) is 4.26. The zero-order chi connectivity index (χ0) is 24.6. The summed E-state index contributed by atoms with van der Waals surface area (Å²) in [5, 5.41) is 0.686. The molecule has 1 aromatic heterocycles. The maximum Gasteiger partial charge on any atom is 0.337 e. The van der Waals surface area contributed by atoms with Crippen LogP contribution in [0.1, 0.15) is 28.8 Å². The summed E-state index contributed by atoms with van der Waals surface area (Å²) >= 11 is 0. The van der Waals surface area contributed by atoms with Crippen LogP contribution in [0, 0.1) is 0 Å². The number of methoxy groups -OCH3 is 1. The predicted molar refractivity (Wildman–Crippen MR) is 125 cm³/mol. The van der Waals surface area contributed by atoms with Crippen molar-refractivity contribution in [2.45, 2.75) is 30.4 Å². The SMILES string of the molecule is COC(=O)c1cccc(S(=O)(=O)N(Cc2cc3cc4c(cc3[nH]c2=O)OCO4)C[C@@H]2CCCO2)c1. The van der Waals surface area contributed by atoms with Crippen molar-refractivity contribution in [3.8, 4) is 11.5 Å². The van der Waals surface area contributed by atoms with Crippen molar-refractivity contribution >= 4 is 26.9 Å². The summed E-state index contributed by atoms with van der Waals surface area (Å²) in [4.78, 5) is 27.6. The number of ether oxygens (including phenoxy) is 4. The van der Waals surface area contributed by atoms with Gasteiger partial charge in [0.25, 0.3) is 5.56 Å². The van der Waals surface area contributed by atoms with Crippen molar-refractivity contribution in [3.05, 3.63) is 63.9 Å². The first-order valence-corrected chi connectivity index (χ1v) is 12.5. The molecule has 3 aromatic rings. The molecule has 11 heteroatoms. The third kappa shape index (κ3) is 4.62. The number of carbonyl (C=O) groups is 1. The number of benzene rings is 2. The Kier molecular flexibility index (Phi) is 6.22. The monoisotopic (exact) mass is 500 g/mol. The molecule has 1 fully saturated rings. The van der Waals surface area contributed by atoms with E-state index in [1.807, 2.05) is 0 Å². The van der Waals surface area contributed by atoms with E-state index in [-0.39, 0.29) is 42.0 Å². The molecule has 5 rings (SSSR count). The number of aromatic nitrogens is 1. The predicted octanol–water partition coefficient (Wildman–Crippen LogP) is 2.41. The van der Waals surface area contributed by atoms with Crippen molar-refractivity contribution in [2.75, 3.05) is 27.1 Å². The molecule has 1 saturated heterocycles. The van der Waals surface area contributed by atoms with Gasteiger partial charge in [0, 0.05) is 36.7 Å². The highest BCUT2D eigenvalue weighted by Gasteiger charge is 2.31. The summed E-state index contributed by atoms with van der Waals surface area (Å²) in [6.45, 7) is 0.550. The van der Waals surface area contributed by atoms with Crippen LogP contribution in [0.2, 0.25) is 0 Å². The van der Waals surface area contributed by atoms with E-state index in [1.54, 1.807) is 18.2 Å². The number of aromatic amines is 1. The first kappa shape index (κ1) is 23.3. The Bertz CT molecular complexity index is 1440. The van der Waals surface area contributed by atoms with E-state index in [9.17, 15) is 18.0 Å². The first-order chi connectivity index (χ1) is 16.8. The number of nitrogens with zero attached hydrogens (tertiary/aromatic N) is 1. The van der Waals surface area contributed by atoms with Crippen molar-refractivity contribution in [1.29, 1.82) is 0 Å². The molecule has 184 valence electrons. The van der Waals surface area contributed by atoms with E-state index >= 15 is 0 Å². The van der Waals surface area contributed by atoms with Crippen molar-refractivity contribution in [3.63, 3.8) is 0 Å². The molecule has 1 atom stereocenters. The van der Waals surface area contributed by atoms with Crippen LogP contribution in [0.4, 0.5) is 0 Å². The number of esters is 1. The molecule has 1 N–H and O–H groups in total. The lowest BCUT2D eigenvalue weighted by Gasteiger charge is -2.25. The van der Waals surface area contributed by atoms with Gasteiger partial charge in [-0.05, 0) is 43.2 Å². The molecule has 0 spiro atoms. The smallest absolute Gasteiger partial charge is 0.337 e. The highest BCUT2D eigenvalue weighted by atomic mass is 32.2. The summed E-state index contributed by atoms with van der Waals surface area (Å²) in [6, 6.07) is 10.7. The van der Waals surface area contributed by atoms with E-state index < -0.39 is 21.6 Å². The third-order valence-electron chi connectivity index (χ3n) is 6.09. The summed E-state index contributed by atoms with van der Waals surface area (Å²) in [5.74, 6) is 0.449. The number of fused-ring (bicyclic) bond motifs is 2. The lowest BCUT2D eigenvalue weighted by molar-refractivity contribution is 0.0600. The van der Waals surface area contributed by atoms with Gasteiger partial charge in [0.1, 0.15) is 0 Å². The summed E-state index contributed by atoms with van der Waals surface area (Å²) in [5.41, 5.74) is 0.529. The molecular weight excluding hydrogens is 476 g/mol. The van der Waals surface area contributed by atoms with Gasteiger partial charge in [-0.3, -0.25) is 4.79 Å². The fraction of sp³-hybridized carbons (Fsp3) is 0.333. The van der Waals surface area contributed by atoms with E-state index in [0.717, 1.165) is 6.42 Å². The van der Waals surface area contributed by atoms with Crippen LogP contribution in [-0.2, 0) is 26.0 Å². The number of hydrogen-bond donors (Lipinski definition) is 1. The molecule has 0 bridgehead atoms. The maximum absolute atomic E-state index is 13.7. The Labute approximate surface area is 201 Å². The quantitative estimate of drug-likeness (QED) is 0.491. The van der Waals surface area contributed by atoms with Crippen LogP contribution >= 0.6 is 0 Å². The van der Waals surface area contributed by atoms with E-state index in [1.165, 1.54) is 35.7 Å². The minimum atomic E-state index is -4.08. The molecule has 35 heavy (non-hydrogen) atoms. The number of rotatable bonds is 7. The zero-order valence-corrected chi connectivity index (χ0v) is 19.8. The van der Waals surface area contributed by atoms with Gasteiger partial charge < -0.3 is 23.9 Å². The van der Waals surface area contributed by atoms with Crippen LogP contribution in [0.25, 0.3) is 10.9 Å². The first-order valence-electron chi connectivity index (χ1n) is 11.1. The molecule has 2 aliphatic heterocycles.